The minimum atomic E-state index is -0.933. The molecule has 1 aliphatic carbocycles. The van der Waals surface area contributed by atoms with Gasteiger partial charge in [0, 0.05) is 15.5 Å². The van der Waals surface area contributed by atoms with Crippen molar-refractivity contribution in [1.82, 2.24) is 0 Å². The number of hydrogen-bond acceptors (Lipinski definition) is 2. The minimum absolute atomic E-state index is 0.0730. The van der Waals surface area contributed by atoms with Crippen LogP contribution in [0.4, 0.5) is 4.39 Å². The number of phenols is 1. The van der Waals surface area contributed by atoms with Gasteiger partial charge in [-0.3, -0.25) is 4.79 Å². The van der Waals surface area contributed by atoms with Gasteiger partial charge in [-0.2, -0.15) is 0 Å². The highest BCUT2D eigenvalue weighted by molar-refractivity contribution is 9.10. The van der Waals surface area contributed by atoms with E-state index in [1.165, 1.54) is 0 Å². The second kappa shape index (κ2) is 3.73. The molecular weight excluding hydrogens is 279 g/mol. The van der Waals surface area contributed by atoms with E-state index in [0.717, 1.165) is 6.07 Å². The van der Waals surface area contributed by atoms with Gasteiger partial charge in [0.15, 0.2) is 11.6 Å². The highest BCUT2D eigenvalue weighted by atomic mass is 79.9. The maximum absolute atomic E-state index is 13.3. The Morgan fingerprint density at radius 2 is 2.12 bits per heavy atom. The van der Waals surface area contributed by atoms with Crippen molar-refractivity contribution in [3.05, 3.63) is 28.0 Å². The van der Waals surface area contributed by atoms with Crippen LogP contribution in [0.3, 0.4) is 0 Å². The average Bonchev–Trinajstić information content (AvgIpc) is 2.91. The molecule has 2 N–H and O–H groups in total. The Balaban J connectivity index is 2.44. The lowest BCUT2D eigenvalue weighted by Crippen LogP contribution is -2.13. The van der Waals surface area contributed by atoms with Crippen LogP contribution in [0.5, 0.6) is 5.75 Å². The molecule has 1 fully saturated rings. The van der Waals surface area contributed by atoms with Gasteiger partial charge < -0.3 is 10.2 Å². The summed E-state index contributed by atoms with van der Waals surface area (Å²) in [6.45, 7) is 0. The van der Waals surface area contributed by atoms with E-state index in [2.05, 4.69) is 15.9 Å². The quantitative estimate of drug-likeness (QED) is 0.899. The zero-order valence-electron chi connectivity index (χ0n) is 8.33. The molecule has 86 valence electrons. The predicted molar refractivity (Wildman–Crippen MR) is 58.9 cm³/mol. The number of hydrogen-bond donors (Lipinski definition) is 2. The molecule has 3 nitrogen and oxygen atoms in total. The van der Waals surface area contributed by atoms with Crippen molar-refractivity contribution in [2.45, 2.75) is 24.7 Å². The zero-order valence-corrected chi connectivity index (χ0v) is 9.92. The van der Waals surface area contributed by atoms with Crippen LogP contribution in [0.15, 0.2) is 16.6 Å². The Hall–Kier alpha value is -1.10. The third-order valence-corrected chi connectivity index (χ3v) is 3.40. The van der Waals surface area contributed by atoms with Gasteiger partial charge in [-0.05, 0) is 25.0 Å². The number of aliphatic carboxylic acids is 1. The Morgan fingerprint density at radius 3 is 2.62 bits per heavy atom. The highest BCUT2D eigenvalue weighted by Gasteiger charge is 2.48. The van der Waals surface area contributed by atoms with Crippen molar-refractivity contribution in [1.29, 1.82) is 0 Å². The Kier molecular flexibility index (Phi) is 2.66. The number of carbonyl (C=O) groups is 1. The second-order valence-corrected chi connectivity index (χ2v) is 5.05. The van der Waals surface area contributed by atoms with E-state index in [-0.39, 0.29) is 6.42 Å². The fourth-order valence-electron chi connectivity index (χ4n) is 1.95. The molecule has 0 amide bonds. The van der Waals surface area contributed by atoms with E-state index in [9.17, 15) is 14.3 Å². The minimum Gasteiger partial charge on any atom is -0.505 e. The Labute approximate surface area is 100 Å². The number of aromatic hydroxyl groups is 1. The van der Waals surface area contributed by atoms with E-state index in [1.807, 2.05) is 0 Å². The van der Waals surface area contributed by atoms with Crippen molar-refractivity contribution in [2.75, 3.05) is 0 Å². The van der Waals surface area contributed by atoms with Crippen molar-refractivity contribution in [2.24, 2.45) is 0 Å². The number of halogens is 2. The maximum Gasteiger partial charge on any atom is 0.304 e. The number of benzene rings is 1. The van der Waals surface area contributed by atoms with Crippen molar-refractivity contribution < 1.29 is 19.4 Å². The van der Waals surface area contributed by atoms with Crippen LogP contribution in [-0.2, 0) is 10.2 Å². The third-order valence-electron chi connectivity index (χ3n) is 2.94. The molecule has 1 aliphatic rings. The molecule has 0 aliphatic heterocycles. The molecule has 0 radical (unpaired) electrons. The smallest absolute Gasteiger partial charge is 0.304 e. The average molecular weight is 289 g/mol. The molecule has 0 spiro atoms. The number of carboxylic acid groups (broad SMARTS) is 1. The van der Waals surface area contributed by atoms with E-state index >= 15 is 0 Å². The van der Waals surface area contributed by atoms with Crippen LogP contribution >= 0.6 is 15.9 Å². The summed E-state index contributed by atoms with van der Waals surface area (Å²) in [6, 6.07) is 2.75. The first-order valence-electron chi connectivity index (χ1n) is 4.85. The molecule has 2 rings (SSSR count). The van der Waals surface area contributed by atoms with Gasteiger partial charge in [0.2, 0.25) is 0 Å². The molecule has 0 bridgehead atoms. The summed E-state index contributed by atoms with van der Waals surface area (Å²) >= 11 is 3.14. The molecule has 1 aromatic carbocycles. The lowest BCUT2D eigenvalue weighted by atomic mass is 9.91. The zero-order chi connectivity index (χ0) is 11.9. The monoisotopic (exact) mass is 288 g/mol. The van der Waals surface area contributed by atoms with Crippen LogP contribution < -0.4 is 0 Å². The lowest BCUT2D eigenvalue weighted by molar-refractivity contribution is -0.137. The van der Waals surface area contributed by atoms with E-state index in [1.54, 1.807) is 6.07 Å². The first kappa shape index (κ1) is 11.4. The van der Waals surface area contributed by atoms with Gasteiger partial charge in [-0.25, -0.2) is 4.39 Å². The molecule has 0 atom stereocenters. The van der Waals surface area contributed by atoms with Crippen LogP contribution in [0.1, 0.15) is 24.8 Å². The molecular formula is C11H10BrFO3. The van der Waals surface area contributed by atoms with Crippen LogP contribution in [-0.4, -0.2) is 16.2 Å². The van der Waals surface area contributed by atoms with Gasteiger partial charge in [-0.15, -0.1) is 0 Å². The van der Waals surface area contributed by atoms with Crippen molar-refractivity contribution in [3.63, 3.8) is 0 Å². The van der Waals surface area contributed by atoms with Crippen LogP contribution in [0.25, 0.3) is 0 Å². The molecule has 0 heterocycles. The normalized spacial score (nSPS) is 17.1. The summed E-state index contributed by atoms with van der Waals surface area (Å²) in [5, 5.41) is 18.4. The van der Waals surface area contributed by atoms with Crippen LogP contribution in [0.2, 0.25) is 0 Å². The lowest BCUT2D eigenvalue weighted by Gasteiger charge is -2.15. The van der Waals surface area contributed by atoms with Crippen molar-refractivity contribution >= 4 is 21.9 Å². The SMILES string of the molecule is O=C(O)CC1(c2cc(Br)cc(F)c2O)CC1. The van der Waals surface area contributed by atoms with E-state index in [4.69, 9.17) is 5.11 Å². The molecule has 0 unspecified atom stereocenters. The first-order valence-corrected chi connectivity index (χ1v) is 5.64. The molecule has 1 saturated carbocycles. The van der Waals surface area contributed by atoms with Gasteiger partial charge >= 0.3 is 5.97 Å². The molecule has 5 heteroatoms. The first-order chi connectivity index (χ1) is 7.44. The van der Waals surface area contributed by atoms with Gasteiger partial charge in [0.05, 0.1) is 6.42 Å². The second-order valence-electron chi connectivity index (χ2n) is 4.13. The number of rotatable bonds is 3. The fraction of sp³-hybridized carbons (Fsp3) is 0.364. The summed E-state index contributed by atoms with van der Waals surface area (Å²) in [5.41, 5.74) is -0.192. The highest BCUT2D eigenvalue weighted by Crippen LogP contribution is 2.54. The summed E-state index contributed by atoms with van der Waals surface area (Å²) in [4.78, 5) is 10.7. The van der Waals surface area contributed by atoms with Gasteiger partial charge in [0.1, 0.15) is 0 Å². The third kappa shape index (κ3) is 1.91. The van der Waals surface area contributed by atoms with E-state index < -0.39 is 23.0 Å². The van der Waals surface area contributed by atoms with E-state index in [0.29, 0.717) is 22.9 Å². The number of phenolic OH excluding ortho intramolecular Hbond substituents is 1. The molecule has 16 heavy (non-hydrogen) atoms. The summed E-state index contributed by atoms with van der Waals surface area (Å²) in [6.07, 6.45) is 1.27. The van der Waals surface area contributed by atoms with Gasteiger partial charge in [0.25, 0.3) is 0 Å². The van der Waals surface area contributed by atoms with Crippen molar-refractivity contribution in [3.8, 4) is 5.75 Å². The summed E-state index contributed by atoms with van der Waals surface area (Å²) in [7, 11) is 0. The Morgan fingerprint density at radius 1 is 1.50 bits per heavy atom. The fourth-order valence-corrected chi connectivity index (χ4v) is 2.38. The molecule has 0 aromatic heterocycles. The predicted octanol–water partition coefficient (Wildman–Crippen LogP) is 2.80. The number of carboxylic acids is 1. The van der Waals surface area contributed by atoms with Crippen LogP contribution in [0, 0.1) is 5.82 Å². The maximum atomic E-state index is 13.3. The topological polar surface area (TPSA) is 57.5 Å². The summed E-state index contributed by atoms with van der Waals surface area (Å²) in [5.74, 6) is -2.08. The standard InChI is InChI=1S/C11H10BrFO3/c12-6-3-7(10(16)8(13)4-6)11(1-2-11)5-9(14)15/h3-4,16H,1-2,5H2,(H,14,15). The molecule has 1 aromatic rings. The largest absolute Gasteiger partial charge is 0.505 e. The van der Waals surface area contributed by atoms with Gasteiger partial charge in [-0.1, -0.05) is 15.9 Å². The molecule has 0 saturated heterocycles. The summed E-state index contributed by atoms with van der Waals surface area (Å²) < 4.78 is 13.8. The Bertz CT molecular complexity index is 455.